The summed E-state index contributed by atoms with van der Waals surface area (Å²) in [7, 11) is 0. The van der Waals surface area contributed by atoms with E-state index in [1.54, 1.807) is 12.4 Å². The predicted octanol–water partition coefficient (Wildman–Crippen LogP) is 14.4. The third kappa shape index (κ3) is 7.31. The Kier molecular flexibility index (Phi) is 11.1. The van der Waals surface area contributed by atoms with E-state index < -0.39 is 0 Å². The first-order chi connectivity index (χ1) is 29.3. The van der Waals surface area contributed by atoms with E-state index in [1.807, 2.05) is 26.8 Å². The van der Waals surface area contributed by atoms with E-state index in [1.165, 1.54) is 83.5 Å². The van der Waals surface area contributed by atoms with Gasteiger partial charge < -0.3 is 9.52 Å². The van der Waals surface area contributed by atoms with E-state index in [9.17, 15) is 9.90 Å². The summed E-state index contributed by atoms with van der Waals surface area (Å²) in [5.41, 5.74) is 12.4. The van der Waals surface area contributed by atoms with Gasteiger partial charge in [0.2, 0.25) is 5.71 Å². The van der Waals surface area contributed by atoms with Crippen LogP contribution in [0.5, 0.6) is 0 Å². The monoisotopic (exact) mass is 1000 g/mol. The van der Waals surface area contributed by atoms with E-state index in [0.717, 1.165) is 86.8 Å². The molecule has 5 fully saturated rings. The minimum absolute atomic E-state index is 0. The summed E-state index contributed by atoms with van der Waals surface area (Å²) in [6.07, 6.45) is 15.7. The van der Waals surface area contributed by atoms with Gasteiger partial charge in [0.25, 0.3) is 0 Å². The Morgan fingerprint density at radius 2 is 1.50 bits per heavy atom. The van der Waals surface area contributed by atoms with Gasteiger partial charge in [-0.1, -0.05) is 81.0 Å². The van der Waals surface area contributed by atoms with E-state index in [4.69, 9.17) is 19.4 Å². The van der Waals surface area contributed by atoms with Crippen LogP contribution in [0.25, 0.3) is 66.3 Å². The van der Waals surface area contributed by atoms with Crippen molar-refractivity contribution in [3.63, 3.8) is 0 Å². The number of carbonyl (C=O) groups excluding carboxylic acids is 1. The second-order valence-electron chi connectivity index (χ2n) is 20.4. The minimum Gasteiger partial charge on any atom is -0.512 e. The standard InChI is InChI=1S/C38H32N3O.C17H26O2.Ir/c1-21-9-7-10-22(2)32(21)31-18-17-28-27-13-8-14-30(37(27)42-38(28)41-31)35-29-16-15-26-19-23(3)33(25-11-5-6-12-25)24(4)34(26)36(29)40-20-39-35;1-16(2,3)14(18)7-15(19)17-8-11-4-12(9-17)6-13(5-11)10-17;/h7-10,13,15-20,25H,5-6,11-12H2,1-4H3;7,11-13,18H,4-6,8-10H2,1-3H3;/q-1;;/b;14-7-;. The first-order valence-electron chi connectivity index (χ1n) is 22.7. The minimum atomic E-state index is -0.321. The molecule has 0 spiro atoms. The van der Waals surface area contributed by atoms with Gasteiger partial charge in [0.1, 0.15) is 12.1 Å². The molecule has 5 aliphatic rings. The zero-order valence-corrected chi connectivity index (χ0v) is 39.6. The van der Waals surface area contributed by atoms with Gasteiger partial charge in [-0.05, 0) is 153 Å². The Balaban J connectivity index is 0.000000206. The van der Waals surface area contributed by atoms with Crippen molar-refractivity contribution in [3.8, 4) is 22.5 Å². The van der Waals surface area contributed by atoms with E-state index in [-0.39, 0.29) is 42.5 Å². The molecule has 0 amide bonds. The fourth-order valence-corrected chi connectivity index (χ4v) is 12.5. The largest absolute Gasteiger partial charge is 0.512 e. The molecule has 3 aromatic heterocycles. The molecule has 0 unspecified atom stereocenters. The van der Waals surface area contributed by atoms with Crippen LogP contribution in [-0.4, -0.2) is 25.8 Å². The van der Waals surface area contributed by atoms with Crippen LogP contribution in [0, 0.1) is 62.3 Å². The maximum absolute atomic E-state index is 12.7. The van der Waals surface area contributed by atoms with Crippen molar-refractivity contribution < 1.29 is 34.4 Å². The Labute approximate surface area is 379 Å². The Morgan fingerprint density at radius 3 is 2.16 bits per heavy atom. The molecule has 0 saturated heterocycles. The smallest absolute Gasteiger partial charge is 0.216 e. The molecule has 12 rings (SSSR count). The predicted molar refractivity (Wildman–Crippen MR) is 248 cm³/mol. The molecule has 5 aliphatic carbocycles. The number of rotatable bonds is 5. The number of aromatic nitrogens is 3. The molecule has 1 radical (unpaired) electrons. The summed E-state index contributed by atoms with van der Waals surface area (Å²) in [6.45, 7) is 14.7. The number of pyridine rings is 1. The van der Waals surface area contributed by atoms with Gasteiger partial charge in [-0.2, -0.15) is 0 Å². The molecule has 62 heavy (non-hydrogen) atoms. The first kappa shape index (κ1) is 42.6. The molecule has 1 N–H and O–H groups in total. The molecule has 4 aromatic carbocycles. The average molecular weight is 1000 g/mol. The number of aliphatic hydroxyl groups excluding tert-OH is 1. The van der Waals surface area contributed by atoms with Crippen molar-refractivity contribution in [2.45, 2.75) is 119 Å². The normalized spacial score (nSPS) is 22.4. The maximum Gasteiger partial charge on any atom is 0.216 e. The van der Waals surface area contributed by atoms with Crippen molar-refractivity contribution in [1.82, 2.24) is 15.0 Å². The fraction of sp³-hybridized carbons (Fsp3) is 0.418. The fourth-order valence-electron chi connectivity index (χ4n) is 12.5. The van der Waals surface area contributed by atoms with Crippen LogP contribution in [0.4, 0.5) is 0 Å². The topological polar surface area (TPSA) is 89.1 Å². The molecule has 6 nitrogen and oxygen atoms in total. The number of allylic oxidation sites excluding steroid dienone is 2. The molecule has 3 heterocycles. The van der Waals surface area contributed by atoms with Crippen LogP contribution in [0.2, 0.25) is 0 Å². The van der Waals surface area contributed by atoms with Gasteiger partial charge in [-0.25, -0.2) is 9.97 Å². The molecular formula is C55H58IrN3O3-. The van der Waals surface area contributed by atoms with Gasteiger partial charge in [0.05, 0.1) is 16.8 Å². The van der Waals surface area contributed by atoms with Gasteiger partial charge >= 0.3 is 0 Å². The zero-order valence-electron chi connectivity index (χ0n) is 37.2. The maximum atomic E-state index is 12.7. The number of hydrogen-bond acceptors (Lipinski definition) is 6. The van der Waals surface area contributed by atoms with Crippen LogP contribution < -0.4 is 0 Å². The number of ketones is 1. The third-order valence-electron chi connectivity index (χ3n) is 15.0. The molecule has 5 saturated carbocycles. The van der Waals surface area contributed by atoms with E-state index >= 15 is 0 Å². The molecular weight excluding hydrogens is 943 g/mol. The molecule has 0 atom stereocenters. The molecule has 7 aromatic rings. The van der Waals surface area contributed by atoms with Crippen molar-refractivity contribution in [1.29, 1.82) is 0 Å². The second-order valence-corrected chi connectivity index (χ2v) is 20.4. The van der Waals surface area contributed by atoms with Crippen LogP contribution >= 0.6 is 0 Å². The number of aliphatic hydroxyl groups is 1. The Hall–Kier alpha value is -4.71. The van der Waals surface area contributed by atoms with Crippen molar-refractivity contribution in [2.75, 3.05) is 0 Å². The van der Waals surface area contributed by atoms with Crippen LogP contribution in [-0.2, 0) is 24.9 Å². The second kappa shape index (κ2) is 16.1. The first-order valence-corrected chi connectivity index (χ1v) is 22.7. The summed E-state index contributed by atoms with van der Waals surface area (Å²) in [6, 6.07) is 24.8. The van der Waals surface area contributed by atoms with Gasteiger partial charge in [0.15, 0.2) is 5.78 Å². The number of hydrogen-bond donors (Lipinski definition) is 1. The third-order valence-corrected chi connectivity index (χ3v) is 15.0. The molecule has 4 bridgehead atoms. The van der Waals surface area contributed by atoms with Gasteiger partial charge in [-0.15, -0.1) is 18.2 Å². The zero-order chi connectivity index (χ0) is 42.4. The summed E-state index contributed by atoms with van der Waals surface area (Å²) < 4.78 is 6.54. The summed E-state index contributed by atoms with van der Waals surface area (Å²) >= 11 is 0. The SMILES string of the molecule is CC(C)(C)/C(O)=C/C(=O)C12CC3CC(CC(C3)C1)C2.Cc1cccc(C)c1-c1ccc2c(n1)oc1c(-c3ncnc4c3ccc3cc(C)c(C5CCCC5)c(C)c34)[c-]ccc12.[Ir]. The molecule has 321 valence electrons. The quantitative estimate of drug-likeness (QED) is 0.0800. The summed E-state index contributed by atoms with van der Waals surface area (Å²) in [5, 5.41) is 15.6. The number of aryl methyl sites for hydroxylation is 4. The van der Waals surface area contributed by atoms with Gasteiger partial charge in [-0.3, -0.25) is 9.78 Å². The van der Waals surface area contributed by atoms with Crippen molar-refractivity contribution >= 4 is 49.5 Å². The van der Waals surface area contributed by atoms with Crippen LogP contribution in [0.15, 0.2) is 83.2 Å². The molecule has 0 aliphatic heterocycles. The Bertz CT molecular complexity index is 2870. The van der Waals surface area contributed by atoms with E-state index in [0.29, 0.717) is 11.6 Å². The van der Waals surface area contributed by atoms with E-state index in [2.05, 4.69) is 88.4 Å². The summed E-state index contributed by atoms with van der Waals surface area (Å²) in [4.78, 5) is 27.4. The number of benzene rings is 4. The average Bonchev–Trinajstić information content (AvgIpc) is 3.88. The number of nitrogens with zero attached hydrogens (tertiary/aromatic N) is 3. The van der Waals surface area contributed by atoms with Crippen molar-refractivity contribution in [2.24, 2.45) is 28.6 Å². The van der Waals surface area contributed by atoms with Gasteiger partial charge in [0, 0.05) is 59.0 Å². The Morgan fingerprint density at radius 1 is 0.839 bits per heavy atom. The number of fused-ring (bicyclic) bond motifs is 6. The molecule has 7 heteroatoms. The summed E-state index contributed by atoms with van der Waals surface area (Å²) in [5.74, 6) is 3.43. The number of furan rings is 1. The van der Waals surface area contributed by atoms with Crippen LogP contribution in [0.3, 0.4) is 0 Å². The van der Waals surface area contributed by atoms with Crippen LogP contribution in [0.1, 0.15) is 119 Å². The van der Waals surface area contributed by atoms with Crippen molar-refractivity contribution in [3.05, 3.63) is 113 Å². The number of carbonyl (C=O) groups is 1.